The molecule has 3 rings (SSSR count). The molecule has 2 aromatic rings. The van der Waals surface area contributed by atoms with Gasteiger partial charge in [-0.3, -0.25) is 20.2 Å². The van der Waals surface area contributed by atoms with Crippen LogP contribution in [0.5, 0.6) is 0 Å². The van der Waals surface area contributed by atoms with Gasteiger partial charge < -0.3 is 9.80 Å². The molecule has 0 fully saturated rings. The lowest BCUT2D eigenvalue weighted by molar-refractivity contribution is -0.394. The molecule has 0 unspecified atom stereocenters. The van der Waals surface area contributed by atoms with Crippen molar-refractivity contribution in [2.24, 2.45) is 0 Å². The molecule has 8 heteroatoms. The molecule has 8 nitrogen and oxygen atoms in total. The molecule has 1 aliphatic heterocycles. The number of non-ortho nitro benzene ring substituents is 1. The molecular weight excluding hydrogens is 312 g/mol. The molecule has 2 aromatic carbocycles. The minimum absolute atomic E-state index is 0.297. The summed E-state index contributed by atoms with van der Waals surface area (Å²) in [6.07, 6.45) is 1.65. The standard InChI is InChI=1S/C16H14N4O4/c1-17-13-5-3-4-6-14(13)18(2)16(17)9-11-7-8-12(19(21)22)10-15(11)20(23)24/h3-10H,1-2H3. The van der Waals surface area contributed by atoms with Gasteiger partial charge in [-0.15, -0.1) is 0 Å². The lowest BCUT2D eigenvalue weighted by atomic mass is 10.1. The lowest BCUT2D eigenvalue weighted by Crippen LogP contribution is -2.21. The fourth-order valence-corrected chi connectivity index (χ4v) is 2.76. The average molecular weight is 326 g/mol. The minimum atomic E-state index is -0.645. The minimum Gasteiger partial charge on any atom is -0.329 e. The molecular formula is C16H14N4O4. The van der Waals surface area contributed by atoms with E-state index in [0.29, 0.717) is 5.56 Å². The first-order valence-electron chi connectivity index (χ1n) is 7.11. The van der Waals surface area contributed by atoms with Crippen LogP contribution < -0.4 is 9.80 Å². The largest absolute Gasteiger partial charge is 0.329 e. The highest BCUT2D eigenvalue weighted by atomic mass is 16.6. The Morgan fingerprint density at radius 1 is 0.917 bits per heavy atom. The molecule has 1 heterocycles. The number of benzene rings is 2. The topological polar surface area (TPSA) is 92.8 Å². The number of para-hydroxylation sites is 2. The molecule has 0 spiro atoms. The molecule has 0 N–H and O–H groups in total. The molecule has 1 aliphatic rings. The summed E-state index contributed by atoms with van der Waals surface area (Å²) in [6.45, 7) is 0. The van der Waals surface area contributed by atoms with Crippen molar-refractivity contribution in [3.63, 3.8) is 0 Å². The van der Waals surface area contributed by atoms with Crippen molar-refractivity contribution in [3.8, 4) is 0 Å². The fourth-order valence-electron chi connectivity index (χ4n) is 2.76. The van der Waals surface area contributed by atoms with E-state index in [2.05, 4.69) is 0 Å². The zero-order valence-corrected chi connectivity index (χ0v) is 13.0. The molecule has 0 radical (unpaired) electrons. The third-order valence-corrected chi connectivity index (χ3v) is 4.00. The van der Waals surface area contributed by atoms with Gasteiger partial charge in [-0.2, -0.15) is 0 Å². The molecule has 0 aromatic heterocycles. The van der Waals surface area contributed by atoms with Gasteiger partial charge in [0.05, 0.1) is 32.9 Å². The monoisotopic (exact) mass is 326 g/mol. The van der Waals surface area contributed by atoms with E-state index in [9.17, 15) is 20.2 Å². The highest BCUT2D eigenvalue weighted by Crippen LogP contribution is 2.40. The highest BCUT2D eigenvalue weighted by molar-refractivity contribution is 5.85. The predicted molar refractivity (Wildman–Crippen MR) is 91.0 cm³/mol. The second-order valence-electron chi connectivity index (χ2n) is 5.37. The Balaban J connectivity index is 2.10. The van der Waals surface area contributed by atoms with E-state index in [1.165, 1.54) is 12.1 Å². The first kappa shape index (κ1) is 15.5. The Morgan fingerprint density at radius 2 is 1.50 bits per heavy atom. The van der Waals surface area contributed by atoms with Crippen molar-refractivity contribution in [2.75, 3.05) is 23.9 Å². The van der Waals surface area contributed by atoms with E-state index < -0.39 is 9.85 Å². The quantitative estimate of drug-likeness (QED) is 0.634. The molecule has 0 amide bonds. The van der Waals surface area contributed by atoms with Crippen molar-refractivity contribution in [3.05, 3.63) is 74.1 Å². The van der Waals surface area contributed by atoms with Crippen molar-refractivity contribution >= 4 is 28.8 Å². The first-order valence-corrected chi connectivity index (χ1v) is 7.11. The van der Waals surface area contributed by atoms with Gasteiger partial charge in [-0.1, -0.05) is 12.1 Å². The van der Waals surface area contributed by atoms with Crippen LogP contribution in [-0.4, -0.2) is 23.9 Å². The van der Waals surface area contributed by atoms with Crippen LogP contribution in [0.2, 0.25) is 0 Å². The van der Waals surface area contributed by atoms with E-state index in [4.69, 9.17) is 0 Å². The zero-order chi connectivity index (χ0) is 17.4. The third-order valence-electron chi connectivity index (χ3n) is 4.00. The number of fused-ring (bicyclic) bond motifs is 1. The molecule has 122 valence electrons. The number of nitrogens with zero attached hydrogens (tertiary/aromatic N) is 4. The molecule has 0 aliphatic carbocycles. The fraction of sp³-hybridized carbons (Fsp3) is 0.125. The van der Waals surface area contributed by atoms with Gasteiger partial charge in [0.2, 0.25) is 0 Å². The molecule has 0 saturated heterocycles. The molecule has 0 atom stereocenters. The number of nitro groups is 2. The van der Waals surface area contributed by atoms with Gasteiger partial charge >= 0.3 is 0 Å². The number of rotatable bonds is 3. The normalized spacial score (nSPS) is 13.0. The summed E-state index contributed by atoms with van der Waals surface area (Å²) in [5, 5.41) is 22.1. The third kappa shape index (κ3) is 2.43. The Bertz CT molecular complexity index is 847. The van der Waals surface area contributed by atoms with Crippen LogP contribution in [0.25, 0.3) is 6.08 Å². The highest BCUT2D eigenvalue weighted by Gasteiger charge is 2.27. The van der Waals surface area contributed by atoms with Crippen LogP contribution in [0.1, 0.15) is 5.56 Å². The maximum absolute atomic E-state index is 11.3. The van der Waals surface area contributed by atoms with Crippen LogP contribution in [-0.2, 0) is 0 Å². The summed E-state index contributed by atoms with van der Waals surface area (Å²) in [5.74, 6) is 0.744. The first-order chi connectivity index (χ1) is 11.4. The van der Waals surface area contributed by atoms with Gasteiger partial charge in [0.25, 0.3) is 11.4 Å². The Hall–Kier alpha value is -3.42. The van der Waals surface area contributed by atoms with Gasteiger partial charge in [-0.25, -0.2) is 0 Å². The van der Waals surface area contributed by atoms with Crippen LogP contribution in [0.4, 0.5) is 22.7 Å². The van der Waals surface area contributed by atoms with E-state index >= 15 is 0 Å². The molecule has 0 saturated carbocycles. The Morgan fingerprint density at radius 3 is 2.00 bits per heavy atom. The summed E-state index contributed by atoms with van der Waals surface area (Å²) in [4.78, 5) is 24.7. The second-order valence-corrected chi connectivity index (χ2v) is 5.37. The van der Waals surface area contributed by atoms with E-state index in [0.717, 1.165) is 23.3 Å². The smallest absolute Gasteiger partial charge is 0.283 e. The number of anilines is 2. The number of nitro benzene ring substituents is 2. The summed E-state index contributed by atoms with van der Waals surface area (Å²) >= 11 is 0. The maximum Gasteiger partial charge on any atom is 0.283 e. The number of hydrogen-bond donors (Lipinski definition) is 0. The van der Waals surface area contributed by atoms with E-state index in [-0.39, 0.29) is 11.4 Å². The van der Waals surface area contributed by atoms with Crippen LogP contribution in [0.3, 0.4) is 0 Å². The van der Waals surface area contributed by atoms with Crippen LogP contribution in [0.15, 0.2) is 48.3 Å². The summed E-state index contributed by atoms with van der Waals surface area (Å²) in [5.41, 5.74) is 1.67. The Kier molecular flexibility index (Phi) is 3.64. The lowest BCUT2D eigenvalue weighted by Gasteiger charge is -2.18. The van der Waals surface area contributed by atoms with Crippen molar-refractivity contribution in [1.82, 2.24) is 0 Å². The average Bonchev–Trinajstić information content (AvgIpc) is 2.80. The molecule has 0 bridgehead atoms. The summed E-state index contributed by atoms with van der Waals surface area (Å²) in [6, 6.07) is 11.4. The van der Waals surface area contributed by atoms with Gasteiger partial charge in [0.15, 0.2) is 0 Å². The van der Waals surface area contributed by atoms with E-state index in [1.54, 1.807) is 6.08 Å². The summed E-state index contributed by atoms with van der Waals surface area (Å²) < 4.78 is 0. The maximum atomic E-state index is 11.3. The molecule has 24 heavy (non-hydrogen) atoms. The SMILES string of the molecule is CN1C(=Cc2ccc([N+](=O)[O-])cc2[N+](=O)[O-])N(C)c2ccccc21. The van der Waals surface area contributed by atoms with Gasteiger partial charge in [-0.05, 0) is 24.3 Å². The van der Waals surface area contributed by atoms with E-state index in [1.807, 2.05) is 48.2 Å². The zero-order valence-electron chi connectivity index (χ0n) is 13.0. The van der Waals surface area contributed by atoms with Crippen molar-refractivity contribution in [1.29, 1.82) is 0 Å². The summed E-state index contributed by atoms with van der Waals surface area (Å²) in [7, 11) is 3.73. The van der Waals surface area contributed by atoms with Crippen molar-refractivity contribution < 1.29 is 9.85 Å². The van der Waals surface area contributed by atoms with Crippen LogP contribution in [0, 0.1) is 20.2 Å². The second kappa shape index (κ2) is 5.65. The van der Waals surface area contributed by atoms with Gasteiger partial charge in [0, 0.05) is 20.2 Å². The number of hydrogen-bond acceptors (Lipinski definition) is 6. The van der Waals surface area contributed by atoms with Crippen LogP contribution >= 0.6 is 0 Å². The van der Waals surface area contributed by atoms with Crippen molar-refractivity contribution in [2.45, 2.75) is 0 Å². The Labute approximate surface area is 137 Å². The predicted octanol–water partition coefficient (Wildman–Crippen LogP) is 3.39. The van der Waals surface area contributed by atoms with Gasteiger partial charge in [0.1, 0.15) is 5.82 Å².